The topological polar surface area (TPSA) is 44.5 Å². The summed E-state index contributed by atoms with van der Waals surface area (Å²) < 4.78 is 12.5. The van der Waals surface area contributed by atoms with Crippen LogP contribution >= 0.6 is 15.9 Å². The van der Waals surface area contributed by atoms with Gasteiger partial charge in [-0.25, -0.2) is 0 Å². The number of aryl methyl sites for hydroxylation is 1. The number of fused-ring (bicyclic) bond motifs is 1. The predicted octanol–water partition coefficient (Wildman–Crippen LogP) is 3.97. The first-order chi connectivity index (χ1) is 10.1. The summed E-state index contributed by atoms with van der Waals surface area (Å²) in [5.74, 6) is 1.59. The van der Waals surface area contributed by atoms with Crippen molar-refractivity contribution >= 4 is 15.9 Å². The van der Waals surface area contributed by atoms with E-state index in [9.17, 15) is 0 Å². The van der Waals surface area contributed by atoms with Gasteiger partial charge in [0.15, 0.2) is 11.5 Å². The SMILES string of the molecule is Cc1cc(Br)ccc1C(N)c1ccc2c(c1)OCCCO2. The number of hydrogen-bond donors (Lipinski definition) is 1. The summed E-state index contributed by atoms with van der Waals surface area (Å²) in [6, 6.07) is 11.9. The van der Waals surface area contributed by atoms with Gasteiger partial charge >= 0.3 is 0 Å². The Morgan fingerprint density at radius 2 is 1.81 bits per heavy atom. The molecule has 1 unspecified atom stereocenters. The van der Waals surface area contributed by atoms with E-state index >= 15 is 0 Å². The van der Waals surface area contributed by atoms with Crippen molar-refractivity contribution in [1.82, 2.24) is 0 Å². The molecule has 0 saturated carbocycles. The average Bonchev–Trinajstić information content (AvgIpc) is 2.71. The molecular weight excluding hydrogens is 330 g/mol. The van der Waals surface area contributed by atoms with Crippen LogP contribution in [0, 0.1) is 6.92 Å². The van der Waals surface area contributed by atoms with E-state index in [1.165, 1.54) is 5.56 Å². The van der Waals surface area contributed by atoms with Crippen molar-refractivity contribution in [2.45, 2.75) is 19.4 Å². The summed E-state index contributed by atoms with van der Waals surface area (Å²) in [6.45, 7) is 3.45. The second-order valence-corrected chi connectivity index (χ2v) is 6.15. The van der Waals surface area contributed by atoms with Crippen LogP contribution < -0.4 is 15.2 Å². The molecule has 110 valence electrons. The molecule has 0 bridgehead atoms. The van der Waals surface area contributed by atoms with E-state index in [1.807, 2.05) is 24.3 Å². The zero-order valence-corrected chi connectivity index (χ0v) is 13.5. The predicted molar refractivity (Wildman–Crippen MR) is 87.0 cm³/mol. The Labute approximate surface area is 133 Å². The number of hydrogen-bond acceptors (Lipinski definition) is 3. The van der Waals surface area contributed by atoms with Crippen LogP contribution in [0.3, 0.4) is 0 Å². The zero-order chi connectivity index (χ0) is 14.8. The molecule has 4 heteroatoms. The quantitative estimate of drug-likeness (QED) is 0.893. The van der Waals surface area contributed by atoms with Crippen LogP contribution in [-0.4, -0.2) is 13.2 Å². The van der Waals surface area contributed by atoms with Crippen LogP contribution in [0.25, 0.3) is 0 Å². The molecule has 1 aliphatic heterocycles. The Hall–Kier alpha value is -1.52. The smallest absolute Gasteiger partial charge is 0.161 e. The lowest BCUT2D eigenvalue weighted by molar-refractivity contribution is 0.297. The van der Waals surface area contributed by atoms with E-state index in [0.29, 0.717) is 13.2 Å². The van der Waals surface area contributed by atoms with E-state index in [-0.39, 0.29) is 6.04 Å². The lowest BCUT2D eigenvalue weighted by Gasteiger charge is -2.17. The van der Waals surface area contributed by atoms with Gasteiger partial charge in [-0.15, -0.1) is 0 Å². The molecule has 0 amide bonds. The summed E-state index contributed by atoms with van der Waals surface area (Å²) in [5, 5.41) is 0. The molecule has 2 N–H and O–H groups in total. The first-order valence-electron chi connectivity index (χ1n) is 7.06. The van der Waals surface area contributed by atoms with Crippen LogP contribution in [-0.2, 0) is 0 Å². The highest BCUT2D eigenvalue weighted by atomic mass is 79.9. The minimum Gasteiger partial charge on any atom is -0.490 e. The molecular formula is C17H18BrNO2. The first kappa shape index (κ1) is 14.4. The summed E-state index contributed by atoms with van der Waals surface area (Å²) in [4.78, 5) is 0. The minimum atomic E-state index is -0.171. The van der Waals surface area contributed by atoms with Crippen molar-refractivity contribution < 1.29 is 9.47 Å². The minimum absolute atomic E-state index is 0.171. The Morgan fingerprint density at radius 3 is 2.57 bits per heavy atom. The molecule has 2 aromatic carbocycles. The number of ether oxygens (including phenoxy) is 2. The van der Waals surface area contributed by atoms with E-state index in [2.05, 4.69) is 35.0 Å². The molecule has 21 heavy (non-hydrogen) atoms. The van der Waals surface area contributed by atoms with Crippen LogP contribution in [0.1, 0.15) is 29.2 Å². The number of nitrogens with two attached hydrogens (primary N) is 1. The van der Waals surface area contributed by atoms with Crippen LogP contribution in [0.2, 0.25) is 0 Å². The largest absolute Gasteiger partial charge is 0.490 e. The molecule has 0 spiro atoms. The molecule has 1 atom stereocenters. The lowest BCUT2D eigenvalue weighted by atomic mass is 9.95. The molecule has 0 aliphatic carbocycles. The highest BCUT2D eigenvalue weighted by molar-refractivity contribution is 9.10. The highest BCUT2D eigenvalue weighted by Gasteiger charge is 2.16. The second-order valence-electron chi connectivity index (χ2n) is 5.24. The van der Waals surface area contributed by atoms with Crippen molar-refractivity contribution in [1.29, 1.82) is 0 Å². The maximum absolute atomic E-state index is 6.43. The number of benzene rings is 2. The van der Waals surface area contributed by atoms with Gasteiger partial charge in [0.25, 0.3) is 0 Å². The molecule has 0 saturated heterocycles. The molecule has 2 aromatic rings. The van der Waals surface area contributed by atoms with E-state index in [1.54, 1.807) is 0 Å². The van der Waals surface area contributed by atoms with Crippen molar-refractivity contribution in [2.24, 2.45) is 5.73 Å². The third-order valence-electron chi connectivity index (χ3n) is 3.70. The van der Waals surface area contributed by atoms with Crippen LogP contribution in [0.15, 0.2) is 40.9 Å². The maximum Gasteiger partial charge on any atom is 0.161 e. The van der Waals surface area contributed by atoms with Gasteiger partial charge < -0.3 is 15.2 Å². The van der Waals surface area contributed by atoms with Gasteiger partial charge in [-0.05, 0) is 47.9 Å². The Balaban J connectivity index is 1.94. The Bertz CT molecular complexity index is 657. The fourth-order valence-electron chi connectivity index (χ4n) is 2.54. The summed E-state index contributed by atoms with van der Waals surface area (Å²) in [5.41, 5.74) is 9.75. The summed E-state index contributed by atoms with van der Waals surface area (Å²) >= 11 is 3.48. The van der Waals surface area contributed by atoms with Crippen molar-refractivity contribution in [2.75, 3.05) is 13.2 Å². The molecule has 0 fully saturated rings. The Morgan fingerprint density at radius 1 is 1.05 bits per heavy atom. The van der Waals surface area contributed by atoms with Gasteiger partial charge in [0.2, 0.25) is 0 Å². The van der Waals surface area contributed by atoms with Crippen LogP contribution in [0.5, 0.6) is 11.5 Å². The third kappa shape index (κ3) is 3.06. The first-order valence-corrected chi connectivity index (χ1v) is 7.85. The molecule has 3 nitrogen and oxygen atoms in total. The normalized spacial score (nSPS) is 15.4. The average molecular weight is 348 g/mol. The molecule has 0 aromatic heterocycles. The van der Waals surface area contributed by atoms with Crippen molar-refractivity contribution in [3.8, 4) is 11.5 Å². The Kier molecular flexibility index (Phi) is 4.17. The third-order valence-corrected chi connectivity index (χ3v) is 4.19. The summed E-state index contributed by atoms with van der Waals surface area (Å²) in [6.07, 6.45) is 0.905. The molecule has 1 aliphatic rings. The zero-order valence-electron chi connectivity index (χ0n) is 11.9. The summed E-state index contributed by atoms with van der Waals surface area (Å²) in [7, 11) is 0. The van der Waals surface area contributed by atoms with Crippen molar-refractivity contribution in [3.05, 3.63) is 57.6 Å². The van der Waals surface area contributed by atoms with E-state index in [0.717, 1.165) is 33.5 Å². The second kappa shape index (κ2) is 6.08. The number of halogens is 1. The van der Waals surface area contributed by atoms with Gasteiger partial charge in [0.05, 0.1) is 19.3 Å². The maximum atomic E-state index is 6.43. The lowest BCUT2D eigenvalue weighted by Crippen LogP contribution is -2.13. The van der Waals surface area contributed by atoms with Gasteiger partial charge in [-0.2, -0.15) is 0 Å². The van der Waals surface area contributed by atoms with Crippen LogP contribution in [0.4, 0.5) is 0 Å². The van der Waals surface area contributed by atoms with E-state index in [4.69, 9.17) is 15.2 Å². The van der Waals surface area contributed by atoms with Gasteiger partial charge in [-0.1, -0.05) is 28.1 Å². The van der Waals surface area contributed by atoms with Gasteiger partial charge in [0, 0.05) is 10.9 Å². The molecule has 3 rings (SSSR count). The molecule has 1 heterocycles. The number of rotatable bonds is 2. The van der Waals surface area contributed by atoms with Crippen molar-refractivity contribution in [3.63, 3.8) is 0 Å². The van der Waals surface area contributed by atoms with Gasteiger partial charge in [0.1, 0.15) is 0 Å². The fourth-order valence-corrected chi connectivity index (χ4v) is 3.02. The highest BCUT2D eigenvalue weighted by Crippen LogP contribution is 2.34. The monoisotopic (exact) mass is 347 g/mol. The molecule has 0 radical (unpaired) electrons. The fraction of sp³-hybridized carbons (Fsp3) is 0.294. The van der Waals surface area contributed by atoms with E-state index < -0.39 is 0 Å². The van der Waals surface area contributed by atoms with Gasteiger partial charge in [-0.3, -0.25) is 0 Å². The standard InChI is InChI=1S/C17H18BrNO2/c1-11-9-13(18)4-5-14(11)17(19)12-3-6-15-16(10-12)21-8-2-7-20-15/h3-6,9-10,17H,2,7-8,19H2,1H3.